The van der Waals surface area contributed by atoms with E-state index in [1.54, 1.807) is 6.92 Å². The molecule has 0 aliphatic heterocycles. The zero-order valence-corrected chi connectivity index (χ0v) is 11.4. The molecule has 1 fully saturated rings. The first kappa shape index (κ1) is 15.0. The largest absolute Gasteiger partial charge is 0.466 e. The Balaban J connectivity index is 2.44. The summed E-state index contributed by atoms with van der Waals surface area (Å²) in [6.07, 6.45) is 5.29. The molecule has 104 valence electrons. The van der Waals surface area contributed by atoms with E-state index in [2.05, 4.69) is 0 Å². The van der Waals surface area contributed by atoms with Crippen molar-refractivity contribution in [3.8, 4) is 0 Å². The molecule has 0 aromatic carbocycles. The number of esters is 2. The van der Waals surface area contributed by atoms with Gasteiger partial charge in [-0.1, -0.05) is 12.8 Å². The SMILES string of the molecule is CCOC(=O)CC[C@@H]1CCCC[C@H]1C(=O)OCC. The molecule has 0 aromatic heterocycles. The number of carbonyl (C=O) groups excluding carboxylic acids is 2. The zero-order valence-electron chi connectivity index (χ0n) is 11.4. The Morgan fingerprint density at radius 3 is 2.39 bits per heavy atom. The van der Waals surface area contributed by atoms with Crippen LogP contribution in [-0.2, 0) is 19.1 Å². The van der Waals surface area contributed by atoms with Crippen LogP contribution in [0.15, 0.2) is 0 Å². The summed E-state index contributed by atoms with van der Waals surface area (Å²) in [5, 5.41) is 0. The predicted octanol–water partition coefficient (Wildman–Crippen LogP) is 2.70. The summed E-state index contributed by atoms with van der Waals surface area (Å²) >= 11 is 0. The van der Waals surface area contributed by atoms with Crippen LogP contribution in [0.25, 0.3) is 0 Å². The van der Waals surface area contributed by atoms with E-state index in [1.165, 1.54) is 0 Å². The highest BCUT2D eigenvalue weighted by molar-refractivity contribution is 5.73. The van der Waals surface area contributed by atoms with Crippen LogP contribution in [0.3, 0.4) is 0 Å². The maximum Gasteiger partial charge on any atom is 0.309 e. The van der Waals surface area contributed by atoms with E-state index in [9.17, 15) is 9.59 Å². The van der Waals surface area contributed by atoms with Gasteiger partial charge in [0.1, 0.15) is 0 Å². The van der Waals surface area contributed by atoms with E-state index in [0.29, 0.717) is 19.6 Å². The molecule has 1 aliphatic rings. The molecule has 1 saturated carbocycles. The summed E-state index contributed by atoms with van der Waals surface area (Å²) in [6.45, 7) is 4.49. The summed E-state index contributed by atoms with van der Waals surface area (Å²) in [7, 11) is 0. The van der Waals surface area contributed by atoms with Crippen molar-refractivity contribution in [3.05, 3.63) is 0 Å². The van der Waals surface area contributed by atoms with Gasteiger partial charge in [0, 0.05) is 6.42 Å². The third kappa shape index (κ3) is 4.67. The fourth-order valence-corrected chi connectivity index (χ4v) is 2.65. The average molecular weight is 256 g/mol. The van der Waals surface area contributed by atoms with Crippen molar-refractivity contribution < 1.29 is 19.1 Å². The van der Waals surface area contributed by atoms with Crippen molar-refractivity contribution in [2.45, 2.75) is 52.4 Å². The summed E-state index contributed by atoms with van der Waals surface area (Å²) in [5.74, 6) is 0.00655. The standard InChI is InChI=1S/C14H24O4/c1-3-17-13(15)10-9-11-7-5-6-8-12(11)14(16)18-4-2/h11-12H,3-10H2,1-2H3/t11-,12+/m0/s1. The van der Waals surface area contributed by atoms with Gasteiger partial charge in [0.15, 0.2) is 0 Å². The van der Waals surface area contributed by atoms with Crippen LogP contribution in [0.5, 0.6) is 0 Å². The Bertz CT molecular complexity index is 275. The van der Waals surface area contributed by atoms with Crippen molar-refractivity contribution in [3.63, 3.8) is 0 Å². The van der Waals surface area contributed by atoms with Crippen LogP contribution in [0.1, 0.15) is 52.4 Å². The van der Waals surface area contributed by atoms with Crippen molar-refractivity contribution in [2.75, 3.05) is 13.2 Å². The number of hydrogen-bond acceptors (Lipinski definition) is 4. The molecule has 2 atom stereocenters. The van der Waals surface area contributed by atoms with E-state index in [0.717, 1.165) is 32.1 Å². The third-order valence-electron chi connectivity index (χ3n) is 3.52. The third-order valence-corrected chi connectivity index (χ3v) is 3.52. The second kappa shape index (κ2) is 8.11. The predicted molar refractivity (Wildman–Crippen MR) is 67.9 cm³/mol. The van der Waals surface area contributed by atoms with Gasteiger partial charge in [-0.05, 0) is 39.0 Å². The van der Waals surface area contributed by atoms with Gasteiger partial charge < -0.3 is 9.47 Å². The number of hydrogen-bond donors (Lipinski definition) is 0. The lowest BCUT2D eigenvalue weighted by Crippen LogP contribution is -2.29. The molecule has 0 amide bonds. The maximum atomic E-state index is 11.8. The summed E-state index contributed by atoms with van der Waals surface area (Å²) in [4.78, 5) is 23.2. The molecule has 0 heterocycles. The summed E-state index contributed by atoms with van der Waals surface area (Å²) in [6, 6.07) is 0. The molecular formula is C14H24O4. The molecule has 0 spiro atoms. The molecular weight excluding hydrogens is 232 g/mol. The van der Waals surface area contributed by atoms with Crippen molar-refractivity contribution in [1.29, 1.82) is 0 Å². The van der Waals surface area contributed by atoms with Gasteiger partial charge in [-0.2, -0.15) is 0 Å². The molecule has 0 unspecified atom stereocenters. The minimum Gasteiger partial charge on any atom is -0.466 e. The average Bonchev–Trinajstić information content (AvgIpc) is 2.37. The van der Waals surface area contributed by atoms with Crippen LogP contribution >= 0.6 is 0 Å². The van der Waals surface area contributed by atoms with E-state index in [-0.39, 0.29) is 23.8 Å². The van der Waals surface area contributed by atoms with Crippen molar-refractivity contribution in [1.82, 2.24) is 0 Å². The topological polar surface area (TPSA) is 52.6 Å². The molecule has 0 saturated heterocycles. The molecule has 0 N–H and O–H groups in total. The lowest BCUT2D eigenvalue weighted by atomic mass is 9.77. The Hall–Kier alpha value is -1.06. The fourth-order valence-electron chi connectivity index (χ4n) is 2.65. The quantitative estimate of drug-likeness (QED) is 0.686. The normalized spacial score (nSPS) is 23.4. The molecule has 4 nitrogen and oxygen atoms in total. The summed E-state index contributed by atoms with van der Waals surface area (Å²) < 4.78 is 10.0. The highest BCUT2D eigenvalue weighted by Gasteiger charge is 2.32. The van der Waals surface area contributed by atoms with Gasteiger partial charge in [0.05, 0.1) is 19.1 Å². The maximum absolute atomic E-state index is 11.8. The highest BCUT2D eigenvalue weighted by Crippen LogP contribution is 2.34. The number of carbonyl (C=O) groups is 2. The van der Waals surface area contributed by atoms with E-state index in [4.69, 9.17) is 9.47 Å². The first-order valence-electron chi connectivity index (χ1n) is 7.01. The van der Waals surface area contributed by atoms with Gasteiger partial charge in [-0.15, -0.1) is 0 Å². The van der Waals surface area contributed by atoms with E-state index >= 15 is 0 Å². The first-order chi connectivity index (χ1) is 8.69. The smallest absolute Gasteiger partial charge is 0.309 e. The molecule has 0 aromatic rings. The van der Waals surface area contributed by atoms with Gasteiger partial charge >= 0.3 is 11.9 Å². The molecule has 0 bridgehead atoms. The Morgan fingerprint density at radius 2 is 1.72 bits per heavy atom. The van der Waals surface area contributed by atoms with Crippen LogP contribution in [-0.4, -0.2) is 25.2 Å². The number of rotatable bonds is 6. The second-order valence-corrected chi connectivity index (χ2v) is 4.75. The monoisotopic (exact) mass is 256 g/mol. The second-order valence-electron chi connectivity index (χ2n) is 4.75. The molecule has 1 rings (SSSR count). The molecule has 0 radical (unpaired) electrons. The van der Waals surface area contributed by atoms with Gasteiger partial charge in [-0.3, -0.25) is 9.59 Å². The van der Waals surface area contributed by atoms with Crippen LogP contribution in [0.4, 0.5) is 0 Å². The molecule has 4 heteroatoms. The number of ether oxygens (including phenoxy) is 2. The Kier molecular flexibility index (Phi) is 6.76. The Labute approximate surface area is 109 Å². The fraction of sp³-hybridized carbons (Fsp3) is 0.857. The van der Waals surface area contributed by atoms with Crippen molar-refractivity contribution >= 4 is 11.9 Å². The van der Waals surface area contributed by atoms with E-state index < -0.39 is 0 Å². The molecule has 1 aliphatic carbocycles. The van der Waals surface area contributed by atoms with E-state index in [1.807, 2.05) is 6.92 Å². The lowest BCUT2D eigenvalue weighted by Gasteiger charge is -2.29. The van der Waals surface area contributed by atoms with Gasteiger partial charge in [0.25, 0.3) is 0 Å². The minimum atomic E-state index is -0.161. The van der Waals surface area contributed by atoms with Gasteiger partial charge in [-0.25, -0.2) is 0 Å². The lowest BCUT2D eigenvalue weighted by molar-refractivity contribution is -0.152. The van der Waals surface area contributed by atoms with Crippen molar-refractivity contribution in [2.24, 2.45) is 11.8 Å². The Morgan fingerprint density at radius 1 is 1.06 bits per heavy atom. The van der Waals surface area contributed by atoms with Crippen LogP contribution in [0, 0.1) is 11.8 Å². The highest BCUT2D eigenvalue weighted by atomic mass is 16.5. The summed E-state index contributed by atoms with van der Waals surface area (Å²) in [5.41, 5.74) is 0. The van der Waals surface area contributed by atoms with Crippen LogP contribution in [0.2, 0.25) is 0 Å². The minimum absolute atomic E-state index is 0.0203. The van der Waals surface area contributed by atoms with Crippen LogP contribution < -0.4 is 0 Å². The van der Waals surface area contributed by atoms with Gasteiger partial charge in [0.2, 0.25) is 0 Å². The zero-order chi connectivity index (χ0) is 13.4. The molecule has 18 heavy (non-hydrogen) atoms. The first-order valence-corrected chi connectivity index (χ1v) is 7.01.